The Bertz CT molecular complexity index is 1020. The molecular weight excluding hydrogens is 368 g/mol. The smallest absolute Gasteiger partial charge is 0.317 e. The van der Waals surface area contributed by atoms with Crippen molar-refractivity contribution in [3.63, 3.8) is 0 Å². The van der Waals surface area contributed by atoms with Crippen LogP contribution in [0.4, 0.5) is 10.6 Å². The van der Waals surface area contributed by atoms with Crippen molar-refractivity contribution >= 4 is 11.8 Å². The lowest BCUT2D eigenvalue weighted by Gasteiger charge is -2.35. The van der Waals surface area contributed by atoms with E-state index in [-0.39, 0.29) is 6.03 Å². The number of nitrogens with zero attached hydrogens (tertiary/aromatic N) is 7. The van der Waals surface area contributed by atoms with Gasteiger partial charge in [0.05, 0.1) is 11.6 Å². The zero-order chi connectivity index (χ0) is 20.1. The molecule has 0 spiro atoms. The van der Waals surface area contributed by atoms with E-state index in [1.807, 2.05) is 24.4 Å². The summed E-state index contributed by atoms with van der Waals surface area (Å²) in [6.07, 6.45) is 6.87. The van der Waals surface area contributed by atoms with Gasteiger partial charge in [0.1, 0.15) is 5.82 Å². The monoisotopic (exact) mass is 388 g/mol. The van der Waals surface area contributed by atoms with Crippen molar-refractivity contribution in [2.75, 3.05) is 31.1 Å². The van der Waals surface area contributed by atoms with Crippen molar-refractivity contribution in [3.05, 3.63) is 66.2 Å². The predicted octanol–water partition coefficient (Wildman–Crippen LogP) is 1.57. The third kappa shape index (κ3) is 4.32. The Morgan fingerprint density at radius 1 is 1.07 bits per heavy atom. The fourth-order valence-electron chi connectivity index (χ4n) is 3.19. The Labute approximate surface area is 168 Å². The molecule has 0 atom stereocenters. The highest BCUT2D eigenvalue weighted by molar-refractivity contribution is 5.74. The lowest BCUT2D eigenvalue weighted by atomic mass is 10.2. The molecule has 1 aliphatic heterocycles. The number of carbonyl (C=O) groups is 1. The normalized spacial score (nSPS) is 13.8. The number of piperazine rings is 1. The number of nitrogens with one attached hydrogen (secondary N) is 1. The fourth-order valence-corrected chi connectivity index (χ4v) is 3.19. The summed E-state index contributed by atoms with van der Waals surface area (Å²) in [5.74, 6) is 1.48. The number of hydrogen-bond acceptors (Lipinski definition) is 6. The highest BCUT2D eigenvalue weighted by Crippen LogP contribution is 2.15. The first kappa shape index (κ1) is 18.4. The number of hydrogen-bond donors (Lipinski definition) is 1. The lowest BCUT2D eigenvalue weighted by Crippen LogP contribution is -2.51. The summed E-state index contributed by atoms with van der Waals surface area (Å²) in [6, 6.07) is 11.1. The second kappa shape index (κ2) is 8.39. The Morgan fingerprint density at radius 2 is 1.86 bits per heavy atom. The van der Waals surface area contributed by atoms with Gasteiger partial charge in [-0.2, -0.15) is 10.4 Å². The van der Waals surface area contributed by atoms with E-state index < -0.39 is 0 Å². The highest BCUT2D eigenvalue weighted by Gasteiger charge is 2.21. The van der Waals surface area contributed by atoms with E-state index in [1.54, 1.807) is 40.3 Å². The number of nitriles is 1. The molecule has 0 saturated carbocycles. The lowest BCUT2D eigenvalue weighted by molar-refractivity contribution is 0.194. The second-order valence-corrected chi connectivity index (χ2v) is 6.62. The molecule has 29 heavy (non-hydrogen) atoms. The number of anilines is 1. The molecule has 1 saturated heterocycles. The molecule has 4 rings (SSSR count). The van der Waals surface area contributed by atoms with E-state index in [0.29, 0.717) is 44.1 Å². The zero-order valence-electron chi connectivity index (χ0n) is 15.8. The number of carbonyl (C=O) groups excluding carboxylic acids is 1. The molecule has 9 nitrogen and oxygen atoms in total. The molecule has 1 aliphatic rings. The highest BCUT2D eigenvalue weighted by atomic mass is 16.2. The summed E-state index contributed by atoms with van der Waals surface area (Å²) in [5.41, 5.74) is 1.54. The van der Waals surface area contributed by atoms with E-state index in [0.717, 1.165) is 11.4 Å². The van der Waals surface area contributed by atoms with Gasteiger partial charge in [0.25, 0.3) is 0 Å². The Morgan fingerprint density at radius 3 is 2.62 bits per heavy atom. The number of aromatic nitrogens is 4. The van der Waals surface area contributed by atoms with Crippen LogP contribution >= 0.6 is 0 Å². The largest absolute Gasteiger partial charge is 0.353 e. The van der Waals surface area contributed by atoms with Crippen LogP contribution in [0, 0.1) is 11.3 Å². The molecule has 3 aromatic rings. The second-order valence-electron chi connectivity index (χ2n) is 6.62. The van der Waals surface area contributed by atoms with Crippen LogP contribution in [0.1, 0.15) is 11.1 Å². The topological polar surface area (TPSA) is 103 Å². The van der Waals surface area contributed by atoms with Gasteiger partial charge in [0.15, 0.2) is 5.82 Å². The Balaban J connectivity index is 1.30. The van der Waals surface area contributed by atoms with Gasteiger partial charge in [-0.3, -0.25) is 0 Å². The van der Waals surface area contributed by atoms with Crippen molar-refractivity contribution in [2.24, 2.45) is 0 Å². The molecule has 1 N–H and O–H groups in total. The van der Waals surface area contributed by atoms with E-state index >= 15 is 0 Å². The quantitative estimate of drug-likeness (QED) is 0.728. The first-order valence-electron chi connectivity index (χ1n) is 9.32. The van der Waals surface area contributed by atoms with Crippen LogP contribution in [0.5, 0.6) is 0 Å². The summed E-state index contributed by atoms with van der Waals surface area (Å²) in [4.78, 5) is 25.0. The van der Waals surface area contributed by atoms with Crippen LogP contribution in [0.25, 0.3) is 5.82 Å². The Kier molecular flexibility index (Phi) is 5.33. The van der Waals surface area contributed by atoms with Crippen molar-refractivity contribution in [2.45, 2.75) is 6.54 Å². The fraction of sp³-hybridized carbons (Fsp3) is 0.250. The number of rotatable bonds is 4. The van der Waals surface area contributed by atoms with E-state index in [9.17, 15) is 4.79 Å². The van der Waals surface area contributed by atoms with Crippen LogP contribution in [-0.2, 0) is 6.54 Å². The maximum Gasteiger partial charge on any atom is 0.317 e. The minimum absolute atomic E-state index is 0.0964. The van der Waals surface area contributed by atoms with Crippen molar-refractivity contribution in [3.8, 4) is 11.9 Å². The molecule has 0 radical (unpaired) electrons. The van der Waals surface area contributed by atoms with Crippen LogP contribution in [0.2, 0.25) is 0 Å². The van der Waals surface area contributed by atoms with Gasteiger partial charge in [-0.25, -0.2) is 19.4 Å². The molecule has 0 aliphatic carbocycles. The molecule has 0 bridgehead atoms. The molecule has 1 fully saturated rings. The molecular formula is C20H20N8O. The number of pyridine rings is 2. The van der Waals surface area contributed by atoms with Crippen molar-refractivity contribution in [1.29, 1.82) is 5.26 Å². The molecule has 146 valence electrons. The van der Waals surface area contributed by atoms with E-state index in [2.05, 4.69) is 31.4 Å². The maximum absolute atomic E-state index is 12.5. The number of amides is 2. The van der Waals surface area contributed by atoms with Crippen LogP contribution in [0.3, 0.4) is 0 Å². The van der Waals surface area contributed by atoms with Crippen LogP contribution in [0.15, 0.2) is 55.1 Å². The van der Waals surface area contributed by atoms with Crippen LogP contribution in [-0.4, -0.2) is 56.9 Å². The number of urea groups is 1. The molecule has 2 amide bonds. The summed E-state index contributed by atoms with van der Waals surface area (Å²) < 4.78 is 1.68. The maximum atomic E-state index is 12.5. The van der Waals surface area contributed by atoms with Gasteiger partial charge < -0.3 is 15.1 Å². The first-order valence-corrected chi connectivity index (χ1v) is 9.32. The summed E-state index contributed by atoms with van der Waals surface area (Å²) in [5, 5.41) is 16.2. The van der Waals surface area contributed by atoms with E-state index in [1.165, 1.54) is 0 Å². The standard InChI is InChI=1S/C20H20N8O/c21-14-16-2-5-22-18(12-16)26-8-10-27(11-9-26)20(29)24-15-17-3-6-23-19(13-17)28-7-1-4-25-28/h1-7,12-13H,8-11,15H2,(H,24,29). The van der Waals surface area contributed by atoms with Crippen molar-refractivity contribution in [1.82, 2.24) is 30.0 Å². The van der Waals surface area contributed by atoms with Gasteiger partial charge in [0, 0.05) is 57.5 Å². The molecule has 0 unspecified atom stereocenters. The summed E-state index contributed by atoms with van der Waals surface area (Å²) >= 11 is 0. The average Bonchev–Trinajstić information content (AvgIpc) is 3.33. The zero-order valence-corrected chi connectivity index (χ0v) is 15.8. The molecule has 9 heteroatoms. The SMILES string of the molecule is N#Cc1ccnc(N2CCN(C(=O)NCc3ccnc(-n4cccn4)c3)CC2)c1. The third-order valence-electron chi connectivity index (χ3n) is 4.76. The van der Waals surface area contributed by atoms with Crippen LogP contribution < -0.4 is 10.2 Å². The molecule has 4 heterocycles. The van der Waals surface area contributed by atoms with Crippen molar-refractivity contribution < 1.29 is 4.79 Å². The van der Waals surface area contributed by atoms with Gasteiger partial charge >= 0.3 is 6.03 Å². The third-order valence-corrected chi connectivity index (χ3v) is 4.76. The summed E-state index contributed by atoms with van der Waals surface area (Å²) in [7, 11) is 0. The Hall–Kier alpha value is -3.93. The first-order chi connectivity index (χ1) is 14.2. The molecule has 3 aromatic heterocycles. The predicted molar refractivity (Wildman–Crippen MR) is 106 cm³/mol. The van der Waals surface area contributed by atoms with Gasteiger partial charge in [0.2, 0.25) is 0 Å². The minimum atomic E-state index is -0.0964. The van der Waals surface area contributed by atoms with E-state index in [4.69, 9.17) is 5.26 Å². The van der Waals surface area contributed by atoms with Gasteiger partial charge in [-0.05, 0) is 35.9 Å². The van der Waals surface area contributed by atoms with Gasteiger partial charge in [-0.1, -0.05) is 0 Å². The minimum Gasteiger partial charge on any atom is -0.353 e. The average molecular weight is 388 g/mol. The summed E-state index contributed by atoms with van der Waals surface area (Å²) in [6.45, 7) is 2.96. The van der Waals surface area contributed by atoms with Gasteiger partial charge in [-0.15, -0.1) is 0 Å². The molecule has 0 aromatic carbocycles.